The van der Waals surface area contributed by atoms with Crippen LogP contribution < -0.4 is 0 Å². The Labute approximate surface area is 99.3 Å². The summed E-state index contributed by atoms with van der Waals surface area (Å²) in [6.07, 6.45) is 0. The zero-order chi connectivity index (χ0) is 12.4. The van der Waals surface area contributed by atoms with E-state index < -0.39 is 15.6 Å². The smallest absolute Gasteiger partial charge is 0.295 e. The van der Waals surface area contributed by atoms with Crippen molar-refractivity contribution in [3.05, 3.63) is 46.0 Å². The third-order valence-corrected chi connectivity index (χ3v) is 3.08. The highest BCUT2D eigenvalue weighted by Gasteiger charge is 2.45. The highest BCUT2D eigenvalue weighted by molar-refractivity contribution is 6.24. The summed E-state index contributed by atoms with van der Waals surface area (Å²) in [6, 6.07) is 8.93. The molecule has 0 saturated heterocycles. The van der Waals surface area contributed by atoms with Gasteiger partial charge in [-0.15, -0.1) is 21.7 Å². The summed E-state index contributed by atoms with van der Waals surface area (Å²) in [5.74, 6) is 0. The SMILES string of the molecule is CC(C)(Cl)C(C)(O[N+](=O)[O-])c1ccccc1. The van der Waals surface area contributed by atoms with Gasteiger partial charge in [-0.25, -0.2) is 0 Å². The molecule has 0 spiro atoms. The third-order valence-electron chi connectivity index (χ3n) is 2.72. The lowest BCUT2D eigenvalue weighted by Gasteiger charge is -2.37. The number of hydrogen-bond donors (Lipinski definition) is 0. The third kappa shape index (κ3) is 2.44. The molecule has 88 valence electrons. The maximum atomic E-state index is 10.6. The molecule has 1 unspecified atom stereocenters. The van der Waals surface area contributed by atoms with Crippen LogP contribution in [0.25, 0.3) is 0 Å². The molecule has 0 heterocycles. The summed E-state index contributed by atoms with van der Waals surface area (Å²) >= 11 is 6.19. The number of hydrogen-bond acceptors (Lipinski definition) is 3. The van der Waals surface area contributed by atoms with E-state index >= 15 is 0 Å². The molecule has 0 aliphatic carbocycles. The zero-order valence-corrected chi connectivity index (χ0v) is 10.2. The Bertz CT molecular complexity index is 375. The van der Waals surface area contributed by atoms with Gasteiger partial charge < -0.3 is 4.84 Å². The van der Waals surface area contributed by atoms with Crippen LogP contribution in [0.15, 0.2) is 30.3 Å². The number of rotatable bonds is 4. The van der Waals surface area contributed by atoms with Gasteiger partial charge in [-0.3, -0.25) is 0 Å². The molecule has 0 bridgehead atoms. The van der Waals surface area contributed by atoms with E-state index in [1.54, 1.807) is 45.0 Å². The van der Waals surface area contributed by atoms with Crippen molar-refractivity contribution in [3.8, 4) is 0 Å². The summed E-state index contributed by atoms with van der Waals surface area (Å²) in [4.78, 5) is 14.4. The summed E-state index contributed by atoms with van der Waals surface area (Å²) < 4.78 is 0. The summed E-state index contributed by atoms with van der Waals surface area (Å²) in [5.41, 5.74) is -0.508. The normalized spacial score (nSPS) is 15.2. The van der Waals surface area contributed by atoms with Crippen LogP contribution in [0.5, 0.6) is 0 Å². The van der Waals surface area contributed by atoms with Gasteiger partial charge in [0.15, 0.2) is 5.60 Å². The quantitative estimate of drug-likeness (QED) is 0.464. The Morgan fingerprint density at radius 2 is 1.75 bits per heavy atom. The average molecular weight is 244 g/mol. The molecule has 1 aromatic carbocycles. The summed E-state index contributed by atoms with van der Waals surface area (Å²) in [7, 11) is 0. The topological polar surface area (TPSA) is 52.4 Å². The van der Waals surface area contributed by atoms with Crippen LogP contribution in [0.4, 0.5) is 0 Å². The summed E-state index contributed by atoms with van der Waals surface area (Å²) in [6.45, 7) is 4.98. The molecule has 0 fully saturated rings. The van der Waals surface area contributed by atoms with Crippen LogP contribution in [-0.4, -0.2) is 9.96 Å². The van der Waals surface area contributed by atoms with Crippen molar-refractivity contribution < 1.29 is 9.92 Å². The largest absolute Gasteiger partial charge is 0.301 e. The highest BCUT2D eigenvalue weighted by Crippen LogP contribution is 2.40. The second-order valence-electron chi connectivity index (χ2n) is 4.19. The maximum Gasteiger partial charge on any atom is 0.295 e. The number of benzene rings is 1. The van der Waals surface area contributed by atoms with E-state index in [1.165, 1.54) is 0 Å². The molecule has 5 heteroatoms. The Balaban J connectivity index is 3.21. The Hall–Kier alpha value is -1.29. The molecule has 0 N–H and O–H groups in total. The van der Waals surface area contributed by atoms with E-state index in [0.29, 0.717) is 5.56 Å². The molecular weight excluding hydrogens is 230 g/mol. The van der Waals surface area contributed by atoms with Crippen LogP contribution >= 0.6 is 11.6 Å². The minimum absolute atomic E-state index is 0.673. The van der Waals surface area contributed by atoms with Crippen LogP contribution in [-0.2, 0) is 10.4 Å². The van der Waals surface area contributed by atoms with Gasteiger partial charge in [0.1, 0.15) is 0 Å². The predicted octanol–water partition coefficient (Wildman–Crippen LogP) is 3.13. The van der Waals surface area contributed by atoms with E-state index in [-0.39, 0.29) is 0 Å². The summed E-state index contributed by atoms with van der Waals surface area (Å²) in [5, 5.41) is 9.75. The van der Waals surface area contributed by atoms with Crippen molar-refractivity contribution in [2.24, 2.45) is 0 Å². The fourth-order valence-electron chi connectivity index (χ4n) is 1.41. The van der Waals surface area contributed by atoms with Gasteiger partial charge >= 0.3 is 0 Å². The monoisotopic (exact) mass is 243 g/mol. The van der Waals surface area contributed by atoms with Crippen LogP contribution in [0.1, 0.15) is 26.3 Å². The van der Waals surface area contributed by atoms with Crippen LogP contribution in [0.2, 0.25) is 0 Å². The van der Waals surface area contributed by atoms with Crippen molar-refractivity contribution in [2.45, 2.75) is 31.2 Å². The predicted molar refractivity (Wildman–Crippen MR) is 61.8 cm³/mol. The second kappa shape index (κ2) is 4.29. The van der Waals surface area contributed by atoms with Crippen molar-refractivity contribution >= 4 is 11.6 Å². The van der Waals surface area contributed by atoms with Crippen LogP contribution in [0.3, 0.4) is 0 Å². The first kappa shape index (κ1) is 12.8. The first-order valence-electron chi connectivity index (χ1n) is 4.85. The number of halogens is 1. The minimum atomic E-state index is -1.18. The van der Waals surface area contributed by atoms with Gasteiger partial charge in [0.25, 0.3) is 5.09 Å². The highest BCUT2D eigenvalue weighted by atomic mass is 35.5. The first-order valence-corrected chi connectivity index (χ1v) is 5.23. The standard InChI is InChI=1S/C11H14ClNO3/c1-10(2,12)11(3,16-13(14)15)9-7-5-4-6-8-9/h4-8H,1-3H3. The molecule has 0 aromatic heterocycles. The van der Waals surface area contributed by atoms with Crippen LogP contribution in [0, 0.1) is 10.1 Å². The lowest BCUT2D eigenvalue weighted by atomic mass is 9.84. The van der Waals surface area contributed by atoms with Crippen molar-refractivity contribution in [1.29, 1.82) is 0 Å². The van der Waals surface area contributed by atoms with Gasteiger partial charge in [-0.05, 0) is 26.3 Å². The van der Waals surface area contributed by atoms with E-state index in [4.69, 9.17) is 16.4 Å². The van der Waals surface area contributed by atoms with Gasteiger partial charge in [0.05, 0.1) is 4.87 Å². The number of nitrogens with zero attached hydrogens (tertiary/aromatic N) is 1. The molecule has 4 nitrogen and oxygen atoms in total. The average Bonchev–Trinajstić information content (AvgIpc) is 2.16. The van der Waals surface area contributed by atoms with E-state index in [1.807, 2.05) is 6.07 Å². The molecule has 0 radical (unpaired) electrons. The fourth-order valence-corrected chi connectivity index (χ4v) is 1.55. The fraction of sp³-hybridized carbons (Fsp3) is 0.455. The van der Waals surface area contributed by atoms with Gasteiger partial charge in [0.2, 0.25) is 0 Å². The van der Waals surface area contributed by atoms with Gasteiger partial charge in [-0.1, -0.05) is 30.3 Å². The van der Waals surface area contributed by atoms with E-state index in [0.717, 1.165) is 0 Å². The molecule has 1 aromatic rings. The van der Waals surface area contributed by atoms with Gasteiger partial charge in [0, 0.05) is 0 Å². The zero-order valence-electron chi connectivity index (χ0n) is 9.44. The Kier molecular flexibility index (Phi) is 3.43. The van der Waals surface area contributed by atoms with E-state index in [2.05, 4.69) is 0 Å². The number of alkyl halides is 1. The molecule has 0 aliphatic heterocycles. The molecule has 0 aliphatic rings. The lowest BCUT2D eigenvalue weighted by molar-refractivity contribution is -0.785. The Morgan fingerprint density at radius 3 is 2.12 bits per heavy atom. The molecule has 1 rings (SSSR count). The lowest BCUT2D eigenvalue weighted by Crippen LogP contribution is -2.44. The van der Waals surface area contributed by atoms with Crippen molar-refractivity contribution in [2.75, 3.05) is 0 Å². The molecule has 1 atom stereocenters. The van der Waals surface area contributed by atoms with E-state index in [9.17, 15) is 10.1 Å². The maximum absolute atomic E-state index is 10.6. The molecular formula is C11H14ClNO3. The molecule has 0 saturated carbocycles. The molecule has 16 heavy (non-hydrogen) atoms. The van der Waals surface area contributed by atoms with Gasteiger partial charge in [-0.2, -0.15) is 0 Å². The Morgan fingerprint density at radius 1 is 1.25 bits per heavy atom. The second-order valence-corrected chi connectivity index (χ2v) is 5.13. The van der Waals surface area contributed by atoms with Crippen molar-refractivity contribution in [1.82, 2.24) is 0 Å². The molecule has 0 amide bonds. The first-order chi connectivity index (χ1) is 7.27. The minimum Gasteiger partial charge on any atom is -0.301 e. The van der Waals surface area contributed by atoms with Crippen molar-refractivity contribution in [3.63, 3.8) is 0 Å².